The zero-order valence-corrected chi connectivity index (χ0v) is 12.1. The molecule has 0 saturated carbocycles. The second kappa shape index (κ2) is 7.55. The summed E-state index contributed by atoms with van der Waals surface area (Å²) >= 11 is 0. The van der Waals surface area contributed by atoms with Crippen molar-refractivity contribution in [2.45, 2.75) is 25.8 Å². The maximum atomic E-state index is 11.8. The maximum Gasteiger partial charge on any atom is 0.244 e. The number of rotatable bonds is 6. The summed E-state index contributed by atoms with van der Waals surface area (Å²) in [6.45, 7) is 2.09. The van der Waals surface area contributed by atoms with Gasteiger partial charge in [0.2, 0.25) is 5.91 Å². The standard InChI is InChI=1S/C17H20N2O2/c1-13(5-4-12-20)19-17(21)9-8-14-10-11-18-16-7-3-2-6-15(14)16/h2-3,6-11,13,20H,4-5,12H2,1H3,(H,19,21)/b9-8+. The Kier molecular flexibility index (Phi) is 5.46. The Morgan fingerprint density at radius 2 is 2.19 bits per heavy atom. The van der Waals surface area contributed by atoms with Crippen molar-refractivity contribution in [1.82, 2.24) is 10.3 Å². The lowest BCUT2D eigenvalue weighted by atomic mass is 10.1. The topological polar surface area (TPSA) is 62.2 Å². The van der Waals surface area contributed by atoms with E-state index in [0.29, 0.717) is 6.42 Å². The molecule has 1 aromatic carbocycles. The number of carbonyl (C=O) groups excluding carboxylic acids is 1. The Morgan fingerprint density at radius 1 is 1.38 bits per heavy atom. The number of pyridine rings is 1. The highest BCUT2D eigenvalue weighted by molar-refractivity contribution is 5.95. The van der Waals surface area contributed by atoms with Gasteiger partial charge in [0.25, 0.3) is 0 Å². The summed E-state index contributed by atoms with van der Waals surface area (Å²) in [6.07, 6.45) is 6.55. The van der Waals surface area contributed by atoms with Crippen molar-refractivity contribution >= 4 is 22.9 Å². The van der Waals surface area contributed by atoms with E-state index in [2.05, 4.69) is 10.3 Å². The number of nitrogens with zero attached hydrogens (tertiary/aromatic N) is 1. The minimum absolute atomic E-state index is 0.0588. The minimum atomic E-state index is -0.124. The molecule has 1 unspecified atom stereocenters. The molecule has 110 valence electrons. The molecule has 0 spiro atoms. The molecule has 1 heterocycles. The first-order valence-electron chi connectivity index (χ1n) is 7.14. The Hall–Kier alpha value is -2.20. The van der Waals surface area contributed by atoms with Crippen LogP contribution < -0.4 is 5.32 Å². The van der Waals surface area contributed by atoms with Crippen molar-refractivity contribution in [1.29, 1.82) is 0 Å². The number of hydrogen-bond acceptors (Lipinski definition) is 3. The van der Waals surface area contributed by atoms with Crippen LogP contribution in [0.4, 0.5) is 0 Å². The highest BCUT2D eigenvalue weighted by atomic mass is 16.2. The summed E-state index contributed by atoms with van der Waals surface area (Å²) in [4.78, 5) is 16.1. The normalized spacial score (nSPS) is 12.7. The van der Waals surface area contributed by atoms with Crippen LogP contribution in [0.5, 0.6) is 0 Å². The van der Waals surface area contributed by atoms with E-state index in [1.807, 2.05) is 37.3 Å². The first-order valence-corrected chi connectivity index (χ1v) is 7.14. The summed E-state index contributed by atoms with van der Waals surface area (Å²) < 4.78 is 0. The molecular formula is C17H20N2O2. The van der Waals surface area contributed by atoms with Crippen molar-refractivity contribution in [3.63, 3.8) is 0 Å². The monoisotopic (exact) mass is 284 g/mol. The molecule has 2 aromatic rings. The first kappa shape index (κ1) is 15.2. The summed E-state index contributed by atoms with van der Waals surface area (Å²) in [7, 11) is 0. The number of hydrogen-bond donors (Lipinski definition) is 2. The fourth-order valence-electron chi connectivity index (χ4n) is 2.19. The average Bonchev–Trinajstić information content (AvgIpc) is 2.51. The molecule has 1 aromatic heterocycles. The van der Waals surface area contributed by atoms with Crippen molar-refractivity contribution in [3.8, 4) is 0 Å². The van der Waals surface area contributed by atoms with E-state index < -0.39 is 0 Å². The van der Waals surface area contributed by atoms with E-state index >= 15 is 0 Å². The molecule has 2 N–H and O–H groups in total. The Morgan fingerprint density at radius 3 is 3.00 bits per heavy atom. The molecule has 4 nitrogen and oxygen atoms in total. The lowest BCUT2D eigenvalue weighted by molar-refractivity contribution is -0.117. The third-order valence-electron chi connectivity index (χ3n) is 3.28. The van der Waals surface area contributed by atoms with Gasteiger partial charge in [-0.15, -0.1) is 0 Å². The molecule has 0 fully saturated rings. The van der Waals surface area contributed by atoms with Crippen molar-refractivity contribution in [3.05, 3.63) is 48.2 Å². The molecule has 21 heavy (non-hydrogen) atoms. The van der Waals surface area contributed by atoms with Gasteiger partial charge in [-0.2, -0.15) is 0 Å². The third-order valence-corrected chi connectivity index (χ3v) is 3.28. The molecular weight excluding hydrogens is 264 g/mol. The number of fused-ring (bicyclic) bond motifs is 1. The highest BCUT2D eigenvalue weighted by Gasteiger charge is 2.04. The molecule has 0 saturated heterocycles. The third kappa shape index (κ3) is 4.39. The zero-order valence-electron chi connectivity index (χ0n) is 12.1. The summed E-state index contributed by atoms with van der Waals surface area (Å²) in [5, 5.41) is 12.7. The van der Waals surface area contributed by atoms with Gasteiger partial charge in [0.15, 0.2) is 0 Å². The number of aliphatic hydroxyl groups excluding tert-OH is 1. The maximum absolute atomic E-state index is 11.8. The van der Waals surface area contributed by atoms with Crippen LogP contribution in [-0.4, -0.2) is 28.6 Å². The van der Waals surface area contributed by atoms with Crippen LogP contribution in [0.3, 0.4) is 0 Å². The molecule has 0 aliphatic carbocycles. The van der Waals surface area contributed by atoms with Crippen molar-refractivity contribution < 1.29 is 9.90 Å². The largest absolute Gasteiger partial charge is 0.396 e. The molecule has 0 bridgehead atoms. The van der Waals surface area contributed by atoms with E-state index in [0.717, 1.165) is 22.9 Å². The molecule has 0 aliphatic rings. The molecule has 2 rings (SSSR count). The number of amides is 1. The van der Waals surface area contributed by atoms with Crippen LogP contribution in [0.2, 0.25) is 0 Å². The van der Waals surface area contributed by atoms with Crippen LogP contribution in [-0.2, 0) is 4.79 Å². The van der Waals surface area contributed by atoms with Gasteiger partial charge in [0.1, 0.15) is 0 Å². The summed E-state index contributed by atoms with van der Waals surface area (Å²) in [6, 6.07) is 9.79. The van der Waals surface area contributed by atoms with Gasteiger partial charge in [-0.25, -0.2) is 0 Å². The van der Waals surface area contributed by atoms with Crippen molar-refractivity contribution in [2.75, 3.05) is 6.61 Å². The Bertz CT molecular complexity index is 632. The van der Waals surface area contributed by atoms with Crippen LogP contribution in [0.1, 0.15) is 25.3 Å². The van der Waals surface area contributed by atoms with Crippen LogP contribution in [0.15, 0.2) is 42.6 Å². The van der Waals surface area contributed by atoms with E-state index in [1.54, 1.807) is 12.3 Å². The molecule has 1 amide bonds. The number of aliphatic hydroxyl groups is 1. The fourth-order valence-corrected chi connectivity index (χ4v) is 2.19. The number of aromatic nitrogens is 1. The minimum Gasteiger partial charge on any atom is -0.396 e. The molecule has 0 aliphatic heterocycles. The smallest absolute Gasteiger partial charge is 0.244 e. The second-order valence-electron chi connectivity index (χ2n) is 5.03. The Labute approximate surface area is 124 Å². The number of carbonyl (C=O) groups is 1. The SMILES string of the molecule is CC(CCCO)NC(=O)/C=C/c1ccnc2ccccc12. The van der Waals surface area contributed by atoms with Gasteiger partial charge in [0, 0.05) is 30.3 Å². The first-order chi connectivity index (χ1) is 10.2. The summed E-state index contributed by atoms with van der Waals surface area (Å²) in [5.74, 6) is -0.124. The number of para-hydroxylation sites is 1. The molecule has 4 heteroatoms. The van der Waals surface area contributed by atoms with E-state index in [4.69, 9.17) is 5.11 Å². The van der Waals surface area contributed by atoms with E-state index in [9.17, 15) is 4.79 Å². The fraction of sp³-hybridized carbons (Fsp3) is 0.294. The van der Waals surface area contributed by atoms with Crippen LogP contribution >= 0.6 is 0 Å². The van der Waals surface area contributed by atoms with Gasteiger partial charge >= 0.3 is 0 Å². The van der Waals surface area contributed by atoms with E-state index in [-0.39, 0.29) is 18.6 Å². The predicted molar refractivity (Wildman–Crippen MR) is 84.7 cm³/mol. The second-order valence-corrected chi connectivity index (χ2v) is 5.03. The summed E-state index contributed by atoms with van der Waals surface area (Å²) in [5.41, 5.74) is 1.88. The van der Waals surface area contributed by atoms with Crippen LogP contribution in [0.25, 0.3) is 17.0 Å². The van der Waals surface area contributed by atoms with Gasteiger partial charge in [-0.05, 0) is 43.5 Å². The van der Waals surface area contributed by atoms with Crippen molar-refractivity contribution in [2.24, 2.45) is 0 Å². The average molecular weight is 284 g/mol. The van der Waals surface area contributed by atoms with Gasteiger partial charge < -0.3 is 10.4 Å². The quantitative estimate of drug-likeness (QED) is 0.801. The van der Waals surface area contributed by atoms with Gasteiger partial charge in [0.05, 0.1) is 5.52 Å². The van der Waals surface area contributed by atoms with Crippen LogP contribution in [0, 0.1) is 0 Å². The van der Waals surface area contributed by atoms with E-state index in [1.165, 1.54) is 6.08 Å². The lowest BCUT2D eigenvalue weighted by Crippen LogP contribution is -2.31. The Balaban J connectivity index is 2.04. The van der Waals surface area contributed by atoms with Gasteiger partial charge in [-0.1, -0.05) is 18.2 Å². The lowest BCUT2D eigenvalue weighted by Gasteiger charge is -2.11. The molecule has 1 atom stereocenters. The molecule has 0 radical (unpaired) electrons. The highest BCUT2D eigenvalue weighted by Crippen LogP contribution is 2.17. The number of nitrogens with one attached hydrogen (secondary N) is 1. The number of benzene rings is 1. The predicted octanol–water partition coefficient (Wildman–Crippen LogP) is 2.53. The zero-order chi connectivity index (χ0) is 15.1. The van der Waals surface area contributed by atoms with Gasteiger partial charge in [-0.3, -0.25) is 9.78 Å².